The third-order valence-electron chi connectivity index (χ3n) is 5.82. The van der Waals surface area contributed by atoms with E-state index in [0.717, 1.165) is 32.1 Å². The Morgan fingerprint density at radius 2 is 1.68 bits per heavy atom. The largest absolute Gasteiger partial charge is 0.497 e. The molecular weight excluding hydrogens is 398 g/mol. The maximum Gasteiger partial charge on any atom is 0.338 e. The molecule has 2 aromatic carbocycles. The lowest BCUT2D eigenvalue weighted by molar-refractivity contribution is 0.0474. The fourth-order valence-corrected chi connectivity index (χ4v) is 4.15. The second kappa shape index (κ2) is 8.71. The topological polar surface area (TPSA) is 90.0 Å². The summed E-state index contributed by atoms with van der Waals surface area (Å²) in [5.41, 5.74) is 1.01. The molecule has 1 saturated carbocycles. The molecule has 7 heteroatoms. The Morgan fingerprint density at radius 1 is 0.935 bits per heavy atom. The van der Waals surface area contributed by atoms with Crippen molar-refractivity contribution in [3.05, 3.63) is 64.7 Å². The number of ether oxygens (including phenoxy) is 2. The molecule has 4 rings (SSSR count). The molecule has 0 aromatic heterocycles. The van der Waals surface area contributed by atoms with Crippen LogP contribution < -0.4 is 4.74 Å². The predicted octanol–water partition coefficient (Wildman–Crippen LogP) is 3.66. The lowest BCUT2D eigenvalue weighted by Gasteiger charge is -2.29. The number of Topliss-reactive ketones (excluding diaryl/α,β-unsaturated/α-hetero) is 1. The smallest absolute Gasteiger partial charge is 0.338 e. The SMILES string of the molecule is COc1cccc(C(=O)COC(=O)c2ccc3c(c2)C(=O)N(C2CCCCC2)C3=O)c1. The van der Waals surface area contributed by atoms with E-state index in [1.807, 2.05) is 0 Å². The van der Waals surface area contributed by atoms with Crippen molar-refractivity contribution in [2.75, 3.05) is 13.7 Å². The summed E-state index contributed by atoms with van der Waals surface area (Å²) in [6.45, 7) is -0.440. The highest BCUT2D eigenvalue weighted by Gasteiger charge is 2.40. The first-order chi connectivity index (χ1) is 15.0. The van der Waals surface area contributed by atoms with E-state index in [-0.39, 0.29) is 34.8 Å². The molecule has 0 radical (unpaired) electrons. The number of hydrogen-bond acceptors (Lipinski definition) is 6. The van der Waals surface area contributed by atoms with Crippen LogP contribution >= 0.6 is 0 Å². The first-order valence-electron chi connectivity index (χ1n) is 10.4. The normalized spacial score (nSPS) is 16.2. The second-order valence-electron chi connectivity index (χ2n) is 7.76. The molecule has 1 heterocycles. The van der Waals surface area contributed by atoms with E-state index in [1.54, 1.807) is 24.3 Å². The molecule has 0 atom stereocenters. The zero-order valence-corrected chi connectivity index (χ0v) is 17.3. The van der Waals surface area contributed by atoms with Gasteiger partial charge in [-0.3, -0.25) is 19.3 Å². The monoisotopic (exact) mass is 421 g/mol. The Hall–Kier alpha value is -3.48. The van der Waals surface area contributed by atoms with Crippen molar-refractivity contribution >= 4 is 23.6 Å². The van der Waals surface area contributed by atoms with Crippen LogP contribution in [0.5, 0.6) is 5.75 Å². The number of benzene rings is 2. The minimum Gasteiger partial charge on any atom is -0.497 e. The highest BCUT2D eigenvalue weighted by atomic mass is 16.5. The van der Waals surface area contributed by atoms with E-state index >= 15 is 0 Å². The van der Waals surface area contributed by atoms with Crippen LogP contribution in [0.4, 0.5) is 0 Å². The fraction of sp³-hybridized carbons (Fsp3) is 0.333. The van der Waals surface area contributed by atoms with E-state index in [4.69, 9.17) is 9.47 Å². The van der Waals surface area contributed by atoms with Crippen LogP contribution in [0.1, 0.15) is 73.5 Å². The van der Waals surface area contributed by atoms with Crippen LogP contribution in [0.3, 0.4) is 0 Å². The van der Waals surface area contributed by atoms with Crippen LogP contribution in [-0.2, 0) is 4.74 Å². The molecule has 1 fully saturated rings. The molecule has 2 aliphatic rings. The van der Waals surface area contributed by atoms with Gasteiger partial charge in [0.1, 0.15) is 5.75 Å². The van der Waals surface area contributed by atoms with E-state index in [2.05, 4.69) is 0 Å². The van der Waals surface area contributed by atoms with Gasteiger partial charge in [0.15, 0.2) is 12.4 Å². The summed E-state index contributed by atoms with van der Waals surface area (Å²) < 4.78 is 10.2. The highest BCUT2D eigenvalue weighted by Crippen LogP contribution is 2.31. The number of carbonyl (C=O) groups excluding carboxylic acids is 4. The van der Waals surface area contributed by atoms with Crippen LogP contribution in [0.25, 0.3) is 0 Å². The summed E-state index contributed by atoms with van der Waals surface area (Å²) >= 11 is 0. The van der Waals surface area contributed by atoms with Crippen molar-refractivity contribution in [3.63, 3.8) is 0 Å². The fourth-order valence-electron chi connectivity index (χ4n) is 4.15. The highest BCUT2D eigenvalue weighted by molar-refractivity contribution is 6.22. The summed E-state index contributed by atoms with van der Waals surface area (Å²) in [5, 5.41) is 0. The molecule has 0 unspecified atom stereocenters. The van der Waals surface area contributed by atoms with E-state index in [0.29, 0.717) is 16.9 Å². The number of rotatable bonds is 6. The Labute approximate surface area is 179 Å². The van der Waals surface area contributed by atoms with Gasteiger partial charge in [0.25, 0.3) is 11.8 Å². The van der Waals surface area contributed by atoms with E-state index < -0.39 is 12.6 Å². The van der Waals surface area contributed by atoms with E-state index in [1.165, 1.54) is 30.2 Å². The standard InChI is InChI=1S/C24H23NO6/c1-30-18-9-5-6-15(12-18)21(26)14-31-24(29)16-10-11-19-20(13-16)23(28)25(22(19)27)17-7-3-2-4-8-17/h5-6,9-13,17H,2-4,7-8,14H2,1H3. The number of methoxy groups -OCH3 is 1. The number of nitrogens with zero attached hydrogens (tertiary/aromatic N) is 1. The van der Waals surface area contributed by atoms with Gasteiger partial charge in [0.2, 0.25) is 0 Å². The molecule has 7 nitrogen and oxygen atoms in total. The van der Waals surface area contributed by atoms with Gasteiger partial charge in [-0.25, -0.2) is 4.79 Å². The Kier molecular flexibility index (Phi) is 5.84. The average molecular weight is 421 g/mol. The third-order valence-corrected chi connectivity index (χ3v) is 5.82. The molecule has 2 aromatic rings. The van der Waals surface area contributed by atoms with Gasteiger partial charge >= 0.3 is 5.97 Å². The third kappa shape index (κ3) is 4.08. The summed E-state index contributed by atoms with van der Waals surface area (Å²) in [5.74, 6) is -1.24. The van der Waals surface area contributed by atoms with Gasteiger partial charge in [-0.05, 0) is 43.2 Å². The minimum atomic E-state index is -0.726. The van der Waals surface area contributed by atoms with Gasteiger partial charge in [-0.15, -0.1) is 0 Å². The zero-order valence-electron chi connectivity index (χ0n) is 17.3. The van der Waals surface area contributed by atoms with Crippen LogP contribution in [0, 0.1) is 0 Å². The number of hydrogen-bond donors (Lipinski definition) is 0. The van der Waals surface area contributed by atoms with Crippen molar-refractivity contribution in [2.45, 2.75) is 38.1 Å². The second-order valence-corrected chi connectivity index (χ2v) is 7.76. The molecule has 160 valence electrons. The summed E-state index contributed by atoms with van der Waals surface area (Å²) in [7, 11) is 1.50. The van der Waals surface area contributed by atoms with Crippen molar-refractivity contribution in [2.24, 2.45) is 0 Å². The summed E-state index contributed by atoms with van der Waals surface area (Å²) in [6, 6.07) is 10.8. The number of imide groups is 1. The Balaban J connectivity index is 1.45. The first kappa shape index (κ1) is 20.8. The molecule has 1 aliphatic carbocycles. The van der Waals surface area contributed by atoms with Crippen molar-refractivity contribution in [1.29, 1.82) is 0 Å². The molecule has 31 heavy (non-hydrogen) atoms. The molecule has 1 aliphatic heterocycles. The van der Waals surface area contributed by atoms with Crippen molar-refractivity contribution in [3.8, 4) is 5.75 Å². The van der Waals surface area contributed by atoms with E-state index in [9.17, 15) is 19.2 Å². The number of carbonyl (C=O) groups is 4. The van der Waals surface area contributed by atoms with Crippen molar-refractivity contribution in [1.82, 2.24) is 4.90 Å². The van der Waals surface area contributed by atoms with Gasteiger partial charge in [-0.2, -0.15) is 0 Å². The van der Waals surface area contributed by atoms with Crippen LogP contribution in [-0.4, -0.2) is 48.2 Å². The first-order valence-corrected chi connectivity index (χ1v) is 10.4. The number of fused-ring (bicyclic) bond motifs is 1. The van der Waals surface area contributed by atoms with Gasteiger partial charge < -0.3 is 9.47 Å². The number of ketones is 1. The molecule has 0 spiro atoms. The summed E-state index contributed by atoms with van der Waals surface area (Å²) in [6.07, 6.45) is 4.73. The lowest BCUT2D eigenvalue weighted by Crippen LogP contribution is -2.40. The minimum absolute atomic E-state index is 0.0861. The van der Waals surface area contributed by atoms with Gasteiger partial charge in [-0.1, -0.05) is 31.4 Å². The maximum atomic E-state index is 12.9. The Morgan fingerprint density at radius 3 is 2.42 bits per heavy atom. The zero-order chi connectivity index (χ0) is 22.0. The molecule has 0 bridgehead atoms. The number of esters is 1. The predicted molar refractivity (Wildman–Crippen MR) is 111 cm³/mol. The molecular formula is C24H23NO6. The summed E-state index contributed by atoms with van der Waals surface area (Å²) in [4.78, 5) is 51.7. The van der Waals surface area contributed by atoms with Crippen molar-refractivity contribution < 1.29 is 28.7 Å². The van der Waals surface area contributed by atoms with Crippen LogP contribution in [0.2, 0.25) is 0 Å². The quantitative estimate of drug-likeness (QED) is 0.402. The lowest BCUT2D eigenvalue weighted by atomic mass is 9.94. The number of amides is 2. The molecule has 0 N–H and O–H groups in total. The maximum absolute atomic E-state index is 12.9. The average Bonchev–Trinajstić information content (AvgIpc) is 3.07. The van der Waals surface area contributed by atoms with Gasteiger partial charge in [0.05, 0.1) is 23.8 Å². The van der Waals surface area contributed by atoms with Gasteiger partial charge in [0, 0.05) is 11.6 Å². The molecule has 2 amide bonds. The van der Waals surface area contributed by atoms with Crippen LogP contribution in [0.15, 0.2) is 42.5 Å². The Bertz CT molecular complexity index is 1050. The molecule has 0 saturated heterocycles.